The zero-order valence-electron chi connectivity index (χ0n) is 10.9. The van der Waals surface area contributed by atoms with Gasteiger partial charge in [-0.3, -0.25) is 0 Å². The summed E-state index contributed by atoms with van der Waals surface area (Å²) in [6.07, 6.45) is 5.71. The van der Waals surface area contributed by atoms with Crippen LogP contribution in [-0.4, -0.2) is 12.1 Å². The summed E-state index contributed by atoms with van der Waals surface area (Å²) in [5.74, 6) is 0.486. The Morgan fingerprint density at radius 2 is 2.06 bits per heavy atom. The fraction of sp³-hybridized carbons (Fsp3) is 0.533. The molecule has 0 spiro atoms. The molecule has 2 atom stereocenters. The number of rotatable bonds is 3. The van der Waals surface area contributed by atoms with Crippen LogP contribution in [0.1, 0.15) is 49.4 Å². The van der Waals surface area contributed by atoms with Crippen LogP contribution in [0.3, 0.4) is 0 Å². The van der Waals surface area contributed by atoms with Crippen LogP contribution in [0.25, 0.3) is 0 Å². The Balaban J connectivity index is 1.92. The fourth-order valence-corrected chi connectivity index (χ4v) is 2.56. The zero-order valence-corrected chi connectivity index (χ0v) is 10.9. The Hall–Kier alpha value is -1.51. The van der Waals surface area contributed by atoms with Crippen molar-refractivity contribution < 1.29 is 9.53 Å². The Morgan fingerprint density at radius 1 is 1.33 bits per heavy atom. The number of esters is 1. The zero-order chi connectivity index (χ0) is 13.0. The molecule has 0 radical (unpaired) electrons. The van der Waals surface area contributed by atoms with Crippen molar-refractivity contribution in [3.05, 3.63) is 29.8 Å². The van der Waals surface area contributed by atoms with Crippen LogP contribution in [0.5, 0.6) is 0 Å². The van der Waals surface area contributed by atoms with Crippen LogP contribution >= 0.6 is 0 Å². The summed E-state index contributed by atoms with van der Waals surface area (Å²) in [7, 11) is 0. The second-order valence-electron chi connectivity index (χ2n) is 5.09. The monoisotopic (exact) mass is 247 g/mol. The Labute approximate surface area is 108 Å². The van der Waals surface area contributed by atoms with Crippen LogP contribution in [0, 0.1) is 5.92 Å². The van der Waals surface area contributed by atoms with Gasteiger partial charge in [0, 0.05) is 5.69 Å². The molecule has 98 valence electrons. The highest BCUT2D eigenvalue weighted by Gasteiger charge is 2.24. The third-order valence-electron chi connectivity index (χ3n) is 3.73. The molecule has 1 saturated carbocycles. The lowest BCUT2D eigenvalue weighted by atomic mass is 9.85. The van der Waals surface area contributed by atoms with Crippen LogP contribution in [0.2, 0.25) is 0 Å². The largest absolute Gasteiger partial charge is 0.459 e. The number of ether oxygens (including phenoxy) is 1. The highest BCUT2D eigenvalue weighted by atomic mass is 16.5. The highest BCUT2D eigenvalue weighted by Crippen LogP contribution is 2.28. The second kappa shape index (κ2) is 5.89. The predicted octanol–water partition coefficient (Wildman–Crippen LogP) is 3.39. The average Bonchev–Trinajstić information content (AvgIpc) is 2.39. The number of anilines is 1. The Morgan fingerprint density at radius 3 is 2.72 bits per heavy atom. The Kier molecular flexibility index (Phi) is 4.24. The van der Waals surface area contributed by atoms with Crippen LogP contribution in [0.4, 0.5) is 5.69 Å². The molecule has 1 aliphatic rings. The maximum atomic E-state index is 12.0. The summed E-state index contributed by atoms with van der Waals surface area (Å²) in [6, 6.07) is 6.90. The van der Waals surface area contributed by atoms with Crippen molar-refractivity contribution in [3.63, 3.8) is 0 Å². The van der Waals surface area contributed by atoms with Crippen molar-refractivity contribution in [3.8, 4) is 0 Å². The first-order chi connectivity index (χ1) is 8.69. The van der Waals surface area contributed by atoms with E-state index < -0.39 is 0 Å². The minimum Gasteiger partial charge on any atom is -0.459 e. The van der Waals surface area contributed by atoms with Crippen molar-refractivity contribution in [2.45, 2.75) is 45.1 Å². The third-order valence-corrected chi connectivity index (χ3v) is 3.73. The van der Waals surface area contributed by atoms with E-state index in [0.717, 1.165) is 19.3 Å². The average molecular weight is 247 g/mol. The lowest BCUT2D eigenvalue weighted by Crippen LogP contribution is -2.25. The molecular weight excluding hydrogens is 226 g/mol. The van der Waals surface area contributed by atoms with E-state index in [9.17, 15) is 4.79 Å². The third kappa shape index (κ3) is 3.25. The van der Waals surface area contributed by atoms with Gasteiger partial charge in [-0.15, -0.1) is 0 Å². The van der Waals surface area contributed by atoms with E-state index >= 15 is 0 Å². The standard InChI is InChI=1S/C15H21NO2/c1-2-11-4-3-5-14(10-11)18-15(17)12-6-8-13(16)9-7-12/h6-9,11,14H,2-5,10,16H2,1H3. The molecule has 0 bridgehead atoms. The highest BCUT2D eigenvalue weighted by molar-refractivity contribution is 5.89. The summed E-state index contributed by atoms with van der Waals surface area (Å²) in [5, 5.41) is 0. The minimum atomic E-state index is -0.225. The molecular formula is C15H21NO2. The van der Waals surface area contributed by atoms with E-state index in [2.05, 4.69) is 6.92 Å². The smallest absolute Gasteiger partial charge is 0.338 e. The maximum Gasteiger partial charge on any atom is 0.338 e. The first-order valence-corrected chi connectivity index (χ1v) is 6.75. The SMILES string of the molecule is CCC1CCCC(OC(=O)c2ccc(N)cc2)C1. The molecule has 1 aliphatic carbocycles. The fourth-order valence-electron chi connectivity index (χ4n) is 2.56. The van der Waals surface area contributed by atoms with Crippen LogP contribution in [0.15, 0.2) is 24.3 Å². The number of benzene rings is 1. The van der Waals surface area contributed by atoms with Gasteiger partial charge in [0.15, 0.2) is 0 Å². The van der Waals surface area contributed by atoms with E-state index in [-0.39, 0.29) is 12.1 Å². The van der Waals surface area contributed by atoms with Gasteiger partial charge in [0.05, 0.1) is 5.56 Å². The van der Waals surface area contributed by atoms with E-state index in [1.165, 1.54) is 12.8 Å². The summed E-state index contributed by atoms with van der Waals surface area (Å²) in [4.78, 5) is 12.0. The summed E-state index contributed by atoms with van der Waals surface area (Å²) in [5.41, 5.74) is 6.84. The van der Waals surface area contributed by atoms with Crippen molar-refractivity contribution in [2.75, 3.05) is 5.73 Å². The molecule has 2 rings (SSSR count). The molecule has 0 aromatic heterocycles. The quantitative estimate of drug-likeness (QED) is 0.658. The molecule has 18 heavy (non-hydrogen) atoms. The Bertz CT molecular complexity index is 399. The summed E-state index contributed by atoms with van der Waals surface area (Å²) < 4.78 is 5.57. The molecule has 3 heteroatoms. The number of nitrogens with two attached hydrogens (primary N) is 1. The van der Waals surface area contributed by atoms with E-state index in [4.69, 9.17) is 10.5 Å². The lowest BCUT2D eigenvalue weighted by molar-refractivity contribution is 0.0140. The summed E-state index contributed by atoms with van der Waals surface area (Å²) in [6.45, 7) is 2.20. The van der Waals surface area contributed by atoms with E-state index in [0.29, 0.717) is 17.2 Å². The summed E-state index contributed by atoms with van der Waals surface area (Å²) >= 11 is 0. The van der Waals surface area contributed by atoms with Crippen molar-refractivity contribution in [2.24, 2.45) is 5.92 Å². The predicted molar refractivity (Wildman–Crippen MR) is 72.3 cm³/mol. The van der Waals surface area contributed by atoms with Gasteiger partial charge < -0.3 is 10.5 Å². The van der Waals surface area contributed by atoms with E-state index in [1.54, 1.807) is 24.3 Å². The van der Waals surface area contributed by atoms with Crippen molar-refractivity contribution in [1.82, 2.24) is 0 Å². The van der Waals surface area contributed by atoms with Gasteiger partial charge in [-0.25, -0.2) is 4.79 Å². The number of carbonyl (C=O) groups excluding carboxylic acids is 1. The number of carbonyl (C=O) groups is 1. The van der Waals surface area contributed by atoms with Crippen molar-refractivity contribution >= 4 is 11.7 Å². The molecule has 2 unspecified atom stereocenters. The number of hydrogen-bond donors (Lipinski definition) is 1. The number of hydrogen-bond acceptors (Lipinski definition) is 3. The number of nitrogen functional groups attached to an aromatic ring is 1. The van der Waals surface area contributed by atoms with Gasteiger partial charge in [-0.05, 0) is 49.4 Å². The second-order valence-corrected chi connectivity index (χ2v) is 5.09. The minimum absolute atomic E-state index is 0.0914. The molecule has 0 amide bonds. The van der Waals surface area contributed by atoms with Gasteiger partial charge >= 0.3 is 5.97 Å². The van der Waals surface area contributed by atoms with Crippen molar-refractivity contribution in [1.29, 1.82) is 0 Å². The molecule has 1 fully saturated rings. The molecule has 3 nitrogen and oxygen atoms in total. The molecule has 0 saturated heterocycles. The molecule has 0 aliphatic heterocycles. The first-order valence-electron chi connectivity index (χ1n) is 6.75. The van der Waals surface area contributed by atoms with Gasteiger partial charge in [-0.2, -0.15) is 0 Å². The molecule has 1 aromatic carbocycles. The molecule has 2 N–H and O–H groups in total. The molecule has 0 heterocycles. The van der Waals surface area contributed by atoms with Gasteiger partial charge in [0.25, 0.3) is 0 Å². The van der Waals surface area contributed by atoms with Gasteiger partial charge in [-0.1, -0.05) is 19.8 Å². The van der Waals surface area contributed by atoms with Gasteiger partial charge in [0.1, 0.15) is 6.10 Å². The molecule has 1 aromatic rings. The topological polar surface area (TPSA) is 52.3 Å². The van der Waals surface area contributed by atoms with Crippen LogP contribution in [-0.2, 0) is 4.74 Å². The first kappa shape index (κ1) is 12.9. The maximum absolute atomic E-state index is 12.0. The lowest BCUT2D eigenvalue weighted by Gasteiger charge is -2.28. The normalized spacial score (nSPS) is 23.6. The van der Waals surface area contributed by atoms with Crippen LogP contribution < -0.4 is 5.73 Å². The van der Waals surface area contributed by atoms with Gasteiger partial charge in [0.2, 0.25) is 0 Å². The van der Waals surface area contributed by atoms with E-state index in [1.807, 2.05) is 0 Å².